The van der Waals surface area contributed by atoms with Gasteiger partial charge in [-0.3, -0.25) is 4.79 Å². The van der Waals surface area contributed by atoms with Crippen LogP contribution in [0.2, 0.25) is 0 Å². The lowest BCUT2D eigenvalue weighted by molar-refractivity contribution is -0.122. The first-order chi connectivity index (χ1) is 8.54. The lowest BCUT2D eigenvalue weighted by Crippen LogP contribution is -2.28. The van der Waals surface area contributed by atoms with Gasteiger partial charge in [0.2, 0.25) is 0 Å². The number of carboxylic acids is 1. The Morgan fingerprint density at radius 3 is 2.83 bits per heavy atom. The molecule has 1 aromatic carbocycles. The zero-order chi connectivity index (χ0) is 13.5. The van der Waals surface area contributed by atoms with Crippen LogP contribution in [0.3, 0.4) is 0 Å². The molecule has 0 aliphatic heterocycles. The number of ether oxygens (including phenoxy) is 1. The second kappa shape index (κ2) is 6.44. The van der Waals surface area contributed by atoms with E-state index in [4.69, 9.17) is 9.84 Å². The topological polar surface area (TPSA) is 75.6 Å². The van der Waals surface area contributed by atoms with Gasteiger partial charge in [-0.15, -0.1) is 6.58 Å². The average Bonchev–Trinajstić information content (AvgIpc) is 2.35. The molecule has 2 N–H and O–H groups in total. The number of amides is 1. The highest BCUT2D eigenvalue weighted by atomic mass is 16.5. The Morgan fingerprint density at radius 1 is 1.50 bits per heavy atom. The Morgan fingerprint density at radius 2 is 2.22 bits per heavy atom. The normalized spacial score (nSPS) is 9.61. The molecule has 0 atom stereocenters. The Hall–Kier alpha value is -2.30. The number of carboxylic acid groups (broad SMARTS) is 1. The molecule has 0 aromatic heterocycles. The number of hydrogen-bond donors (Lipinski definition) is 2. The molecule has 0 spiro atoms. The van der Waals surface area contributed by atoms with E-state index < -0.39 is 5.97 Å². The largest absolute Gasteiger partial charge is 0.483 e. The summed E-state index contributed by atoms with van der Waals surface area (Å²) in [6, 6.07) is 4.53. The monoisotopic (exact) mass is 249 g/mol. The highest BCUT2D eigenvalue weighted by Gasteiger charge is 2.08. The van der Waals surface area contributed by atoms with Crippen molar-refractivity contribution in [1.82, 2.24) is 5.32 Å². The van der Waals surface area contributed by atoms with Gasteiger partial charge in [0.25, 0.3) is 5.91 Å². The van der Waals surface area contributed by atoms with Crippen molar-refractivity contribution < 1.29 is 19.4 Å². The third-order valence-electron chi connectivity index (χ3n) is 2.24. The van der Waals surface area contributed by atoms with Gasteiger partial charge in [0, 0.05) is 6.54 Å². The van der Waals surface area contributed by atoms with Crippen LogP contribution in [-0.2, 0) is 4.79 Å². The first-order valence-electron chi connectivity index (χ1n) is 5.39. The number of nitrogens with one attached hydrogen (secondary N) is 1. The van der Waals surface area contributed by atoms with Crippen LogP contribution in [-0.4, -0.2) is 30.1 Å². The lowest BCUT2D eigenvalue weighted by Gasteiger charge is -2.09. The van der Waals surface area contributed by atoms with Gasteiger partial charge in [-0.25, -0.2) is 4.79 Å². The molecule has 0 aliphatic rings. The molecule has 0 heterocycles. The lowest BCUT2D eigenvalue weighted by atomic mass is 10.1. The number of rotatable bonds is 6. The van der Waals surface area contributed by atoms with Crippen molar-refractivity contribution in [1.29, 1.82) is 0 Å². The van der Waals surface area contributed by atoms with Crippen LogP contribution in [0.25, 0.3) is 0 Å². The smallest absolute Gasteiger partial charge is 0.335 e. The van der Waals surface area contributed by atoms with Crippen molar-refractivity contribution >= 4 is 11.9 Å². The van der Waals surface area contributed by atoms with E-state index in [2.05, 4.69) is 11.9 Å². The van der Waals surface area contributed by atoms with Crippen LogP contribution in [0.1, 0.15) is 15.9 Å². The number of carbonyl (C=O) groups excluding carboxylic acids is 1. The minimum absolute atomic E-state index is 0.127. The van der Waals surface area contributed by atoms with Gasteiger partial charge in [0.1, 0.15) is 5.75 Å². The summed E-state index contributed by atoms with van der Waals surface area (Å²) in [6.45, 7) is 5.47. The van der Waals surface area contributed by atoms with E-state index in [0.717, 1.165) is 5.56 Å². The molecule has 1 amide bonds. The van der Waals surface area contributed by atoms with E-state index in [1.807, 2.05) is 0 Å². The highest BCUT2D eigenvalue weighted by Crippen LogP contribution is 2.19. The van der Waals surface area contributed by atoms with Gasteiger partial charge in [-0.05, 0) is 24.6 Å². The maximum absolute atomic E-state index is 11.3. The third kappa shape index (κ3) is 3.93. The second-order valence-electron chi connectivity index (χ2n) is 3.67. The molecule has 5 heteroatoms. The molecule has 0 unspecified atom stereocenters. The highest BCUT2D eigenvalue weighted by molar-refractivity contribution is 5.88. The average molecular weight is 249 g/mol. The molecule has 0 radical (unpaired) electrons. The summed E-state index contributed by atoms with van der Waals surface area (Å²) in [5.74, 6) is -0.922. The van der Waals surface area contributed by atoms with E-state index in [1.54, 1.807) is 19.1 Å². The Bertz CT molecular complexity index is 468. The standard InChI is InChI=1S/C13H15NO4/c1-3-6-14-12(15)8-18-11-7-10(13(16)17)5-4-9(11)2/h3-5,7H,1,6,8H2,2H3,(H,14,15)(H,16,17). The van der Waals surface area contributed by atoms with Crippen LogP contribution >= 0.6 is 0 Å². The van der Waals surface area contributed by atoms with E-state index in [-0.39, 0.29) is 18.1 Å². The first-order valence-corrected chi connectivity index (χ1v) is 5.39. The van der Waals surface area contributed by atoms with E-state index in [1.165, 1.54) is 12.1 Å². The van der Waals surface area contributed by atoms with Crippen molar-refractivity contribution in [2.75, 3.05) is 13.2 Å². The zero-order valence-electron chi connectivity index (χ0n) is 10.1. The predicted molar refractivity (Wildman–Crippen MR) is 66.8 cm³/mol. The quantitative estimate of drug-likeness (QED) is 0.747. The summed E-state index contributed by atoms with van der Waals surface area (Å²) in [5.41, 5.74) is 0.902. The van der Waals surface area contributed by atoms with Crippen LogP contribution in [0.5, 0.6) is 5.75 Å². The number of hydrogen-bond acceptors (Lipinski definition) is 3. The molecule has 0 aliphatic carbocycles. The van der Waals surface area contributed by atoms with Gasteiger partial charge in [-0.1, -0.05) is 12.1 Å². The van der Waals surface area contributed by atoms with Gasteiger partial charge in [0.05, 0.1) is 5.56 Å². The van der Waals surface area contributed by atoms with E-state index >= 15 is 0 Å². The molecular formula is C13H15NO4. The molecule has 96 valence electrons. The van der Waals surface area contributed by atoms with Crippen LogP contribution in [0.15, 0.2) is 30.9 Å². The van der Waals surface area contributed by atoms with Crippen LogP contribution in [0, 0.1) is 6.92 Å². The fourth-order valence-corrected chi connectivity index (χ4v) is 1.27. The fourth-order valence-electron chi connectivity index (χ4n) is 1.27. The molecule has 1 aromatic rings. The van der Waals surface area contributed by atoms with Gasteiger partial charge >= 0.3 is 5.97 Å². The summed E-state index contributed by atoms with van der Waals surface area (Å²) in [5, 5.41) is 11.4. The molecule has 5 nitrogen and oxygen atoms in total. The summed E-state index contributed by atoms with van der Waals surface area (Å²) in [6.07, 6.45) is 1.56. The summed E-state index contributed by atoms with van der Waals surface area (Å²) in [7, 11) is 0. The van der Waals surface area contributed by atoms with Crippen LogP contribution in [0.4, 0.5) is 0 Å². The molecule has 0 fully saturated rings. The summed E-state index contributed by atoms with van der Waals surface area (Å²) < 4.78 is 5.28. The zero-order valence-corrected chi connectivity index (χ0v) is 10.1. The van der Waals surface area contributed by atoms with Gasteiger partial charge < -0.3 is 15.2 Å². The molecule has 0 bridgehead atoms. The number of aromatic carboxylic acids is 1. The number of aryl methyl sites for hydroxylation is 1. The summed E-state index contributed by atoms with van der Waals surface area (Å²) in [4.78, 5) is 22.1. The fraction of sp³-hybridized carbons (Fsp3) is 0.231. The number of carbonyl (C=O) groups is 2. The van der Waals surface area contributed by atoms with Crippen molar-refractivity contribution in [2.24, 2.45) is 0 Å². The van der Waals surface area contributed by atoms with Crippen molar-refractivity contribution in [3.8, 4) is 5.75 Å². The van der Waals surface area contributed by atoms with Crippen LogP contribution < -0.4 is 10.1 Å². The first kappa shape index (κ1) is 13.8. The Balaban J connectivity index is 2.66. The molecule has 0 saturated carbocycles. The van der Waals surface area contributed by atoms with Crippen molar-refractivity contribution in [3.05, 3.63) is 42.0 Å². The van der Waals surface area contributed by atoms with E-state index in [9.17, 15) is 9.59 Å². The molecule has 1 rings (SSSR count). The number of benzene rings is 1. The Kier molecular flexibility index (Phi) is 4.92. The van der Waals surface area contributed by atoms with Crippen molar-refractivity contribution in [2.45, 2.75) is 6.92 Å². The van der Waals surface area contributed by atoms with Gasteiger partial charge in [-0.2, -0.15) is 0 Å². The maximum Gasteiger partial charge on any atom is 0.335 e. The minimum atomic E-state index is -1.03. The maximum atomic E-state index is 11.3. The predicted octanol–water partition coefficient (Wildman–Crippen LogP) is 1.37. The molecular weight excluding hydrogens is 234 g/mol. The minimum Gasteiger partial charge on any atom is -0.483 e. The Labute approximate surface area is 105 Å². The summed E-state index contributed by atoms with van der Waals surface area (Å²) >= 11 is 0. The molecule has 18 heavy (non-hydrogen) atoms. The third-order valence-corrected chi connectivity index (χ3v) is 2.24. The van der Waals surface area contributed by atoms with Gasteiger partial charge in [0.15, 0.2) is 6.61 Å². The molecule has 0 saturated heterocycles. The SMILES string of the molecule is C=CCNC(=O)COc1cc(C(=O)O)ccc1C. The second-order valence-corrected chi connectivity index (χ2v) is 3.67. The van der Waals surface area contributed by atoms with Crippen molar-refractivity contribution in [3.63, 3.8) is 0 Å². The van der Waals surface area contributed by atoms with E-state index in [0.29, 0.717) is 12.3 Å².